The first-order chi connectivity index (χ1) is 9.75. The topological polar surface area (TPSA) is 41.0 Å². The van der Waals surface area contributed by atoms with Gasteiger partial charge in [-0.1, -0.05) is 20.8 Å². The Morgan fingerprint density at radius 1 is 1.38 bits per heavy atom. The number of hydrogen-bond acceptors (Lipinski definition) is 4. The van der Waals surface area contributed by atoms with Gasteiger partial charge in [0.15, 0.2) is 0 Å². The molecule has 0 bridgehead atoms. The molecule has 1 saturated heterocycles. The van der Waals surface area contributed by atoms with Gasteiger partial charge in [-0.05, 0) is 48.7 Å². The van der Waals surface area contributed by atoms with E-state index in [0.29, 0.717) is 12.0 Å². The van der Waals surface area contributed by atoms with Crippen LogP contribution in [0.15, 0.2) is 10.7 Å². The third-order valence-electron chi connectivity index (χ3n) is 3.99. The summed E-state index contributed by atoms with van der Waals surface area (Å²) in [6.07, 6.45) is 1.27. The van der Waals surface area contributed by atoms with Crippen LogP contribution in [-0.4, -0.2) is 40.5 Å². The van der Waals surface area contributed by atoms with Gasteiger partial charge in [0.1, 0.15) is 16.2 Å². The van der Waals surface area contributed by atoms with E-state index in [-0.39, 0.29) is 5.41 Å². The Kier molecular flexibility index (Phi) is 5.25. The van der Waals surface area contributed by atoms with Crippen molar-refractivity contribution in [1.82, 2.24) is 14.9 Å². The van der Waals surface area contributed by atoms with Crippen LogP contribution in [0, 0.1) is 5.92 Å². The Morgan fingerprint density at radius 2 is 2.10 bits per heavy atom. The molecule has 0 aromatic carbocycles. The van der Waals surface area contributed by atoms with Crippen molar-refractivity contribution >= 4 is 21.7 Å². The summed E-state index contributed by atoms with van der Waals surface area (Å²) in [5.74, 6) is 2.50. The van der Waals surface area contributed by atoms with Crippen molar-refractivity contribution in [2.45, 2.75) is 52.5 Å². The van der Waals surface area contributed by atoms with Crippen molar-refractivity contribution in [1.29, 1.82) is 0 Å². The largest absolute Gasteiger partial charge is 0.370 e. The standard InChI is InChI=1S/C16H27BrN4/c1-11(2)21-7-6-12(10-21)9-18-14-8-13(17)19-15(20-14)16(3,4)5/h8,11-12H,6-7,9-10H2,1-5H3,(H,18,19,20). The molecule has 2 rings (SSSR count). The Labute approximate surface area is 136 Å². The van der Waals surface area contributed by atoms with Crippen molar-refractivity contribution < 1.29 is 0 Å². The molecule has 1 aromatic heterocycles. The monoisotopic (exact) mass is 354 g/mol. The van der Waals surface area contributed by atoms with Gasteiger partial charge in [-0.2, -0.15) is 0 Å². The fraction of sp³-hybridized carbons (Fsp3) is 0.750. The maximum absolute atomic E-state index is 4.65. The highest BCUT2D eigenvalue weighted by Crippen LogP contribution is 2.23. The van der Waals surface area contributed by atoms with E-state index in [2.05, 4.69) is 70.7 Å². The SMILES string of the molecule is CC(C)N1CCC(CNc2cc(Br)nc(C(C)(C)C)n2)C1. The van der Waals surface area contributed by atoms with Crippen LogP contribution in [0.25, 0.3) is 0 Å². The molecule has 2 heterocycles. The molecule has 0 aliphatic carbocycles. The van der Waals surface area contributed by atoms with E-state index in [9.17, 15) is 0 Å². The second-order valence-electron chi connectivity index (χ2n) is 7.27. The van der Waals surface area contributed by atoms with Gasteiger partial charge >= 0.3 is 0 Å². The molecule has 21 heavy (non-hydrogen) atoms. The highest BCUT2D eigenvalue weighted by Gasteiger charge is 2.24. The van der Waals surface area contributed by atoms with Crippen molar-refractivity contribution in [2.24, 2.45) is 5.92 Å². The van der Waals surface area contributed by atoms with Crippen molar-refractivity contribution in [3.05, 3.63) is 16.5 Å². The molecule has 0 spiro atoms. The zero-order valence-corrected chi connectivity index (χ0v) is 15.4. The maximum Gasteiger partial charge on any atom is 0.137 e. The van der Waals surface area contributed by atoms with Crippen LogP contribution >= 0.6 is 15.9 Å². The lowest BCUT2D eigenvalue weighted by Gasteiger charge is -2.21. The molecule has 0 radical (unpaired) electrons. The first-order valence-electron chi connectivity index (χ1n) is 7.78. The van der Waals surface area contributed by atoms with E-state index in [1.165, 1.54) is 19.5 Å². The van der Waals surface area contributed by atoms with Crippen LogP contribution in [0.4, 0.5) is 5.82 Å². The van der Waals surface area contributed by atoms with Gasteiger partial charge in [0.25, 0.3) is 0 Å². The Hall–Kier alpha value is -0.680. The third-order valence-corrected chi connectivity index (χ3v) is 4.39. The molecule has 1 aromatic rings. The van der Waals surface area contributed by atoms with Crippen molar-refractivity contribution in [2.75, 3.05) is 25.0 Å². The first-order valence-corrected chi connectivity index (χ1v) is 8.58. The summed E-state index contributed by atoms with van der Waals surface area (Å²) in [5.41, 5.74) is -0.0397. The van der Waals surface area contributed by atoms with E-state index in [4.69, 9.17) is 0 Å². The lowest BCUT2D eigenvalue weighted by atomic mass is 9.96. The summed E-state index contributed by atoms with van der Waals surface area (Å²) < 4.78 is 0.847. The molecule has 1 aliphatic rings. The summed E-state index contributed by atoms with van der Waals surface area (Å²) in [5, 5.41) is 3.49. The normalized spacial score (nSPS) is 20.2. The molecule has 0 amide bonds. The molecule has 0 saturated carbocycles. The number of nitrogens with zero attached hydrogens (tertiary/aromatic N) is 3. The smallest absolute Gasteiger partial charge is 0.137 e. The second kappa shape index (κ2) is 6.61. The van der Waals surface area contributed by atoms with E-state index < -0.39 is 0 Å². The average molecular weight is 355 g/mol. The number of nitrogens with one attached hydrogen (secondary N) is 1. The lowest BCUT2D eigenvalue weighted by Crippen LogP contribution is -2.29. The lowest BCUT2D eigenvalue weighted by molar-refractivity contribution is 0.266. The Morgan fingerprint density at radius 3 is 2.67 bits per heavy atom. The fourth-order valence-electron chi connectivity index (χ4n) is 2.59. The van der Waals surface area contributed by atoms with Gasteiger partial charge in [-0.3, -0.25) is 0 Å². The first kappa shape index (κ1) is 16.7. The number of rotatable bonds is 4. The summed E-state index contributed by atoms with van der Waals surface area (Å²) in [4.78, 5) is 11.7. The predicted molar refractivity (Wildman–Crippen MR) is 91.7 cm³/mol. The molecular weight excluding hydrogens is 328 g/mol. The van der Waals surface area contributed by atoms with Crippen LogP contribution in [0.2, 0.25) is 0 Å². The van der Waals surface area contributed by atoms with Crippen LogP contribution in [0.1, 0.15) is 46.9 Å². The molecular formula is C16H27BrN4. The predicted octanol–water partition coefficient (Wildman–Crippen LogP) is 3.68. The van der Waals surface area contributed by atoms with E-state index >= 15 is 0 Å². The molecule has 4 nitrogen and oxygen atoms in total. The summed E-state index contributed by atoms with van der Waals surface area (Å²) in [6.45, 7) is 14.3. The molecule has 1 aliphatic heterocycles. The van der Waals surface area contributed by atoms with Gasteiger partial charge in [0.05, 0.1) is 0 Å². The van der Waals surface area contributed by atoms with Crippen LogP contribution in [-0.2, 0) is 5.41 Å². The van der Waals surface area contributed by atoms with Gasteiger partial charge in [0, 0.05) is 30.6 Å². The summed E-state index contributed by atoms with van der Waals surface area (Å²) in [6, 6.07) is 2.61. The minimum absolute atomic E-state index is 0.0397. The zero-order valence-electron chi connectivity index (χ0n) is 13.8. The van der Waals surface area contributed by atoms with Crippen LogP contribution in [0.3, 0.4) is 0 Å². The third kappa shape index (κ3) is 4.65. The quantitative estimate of drug-likeness (QED) is 0.837. The highest BCUT2D eigenvalue weighted by molar-refractivity contribution is 9.10. The molecule has 118 valence electrons. The molecule has 1 atom stereocenters. The van der Waals surface area contributed by atoms with Crippen molar-refractivity contribution in [3.63, 3.8) is 0 Å². The second-order valence-corrected chi connectivity index (χ2v) is 8.09. The number of halogens is 1. The van der Waals surface area contributed by atoms with E-state index in [1.807, 2.05) is 6.07 Å². The Balaban J connectivity index is 1.96. The molecule has 1 unspecified atom stereocenters. The van der Waals surface area contributed by atoms with Crippen molar-refractivity contribution in [3.8, 4) is 0 Å². The number of likely N-dealkylation sites (tertiary alicyclic amines) is 1. The zero-order chi connectivity index (χ0) is 15.6. The minimum Gasteiger partial charge on any atom is -0.370 e. The highest BCUT2D eigenvalue weighted by atomic mass is 79.9. The van der Waals surface area contributed by atoms with Crippen LogP contribution in [0.5, 0.6) is 0 Å². The molecule has 5 heteroatoms. The number of anilines is 1. The van der Waals surface area contributed by atoms with Gasteiger partial charge < -0.3 is 10.2 Å². The molecule has 1 N–H and O–H groups in total. The van der Waals surface area contributed by atoms with E-state index in [0.717, 1.165) is 22.8 Å². The van der Waals surface area contributed by atoms with Gasteiger partial charge in [-0.15, -0.1) is 0 Å². The van der Waals surface area contributed by atoms with Crippen LogP contribution < -0.4 is 5.32 Å². The number of hydrogen-bond donors (Lipinski definition) is 1. The number of aromatic nitrogens is 2. The maximum atomic E-state index is 4.65. The average Bonchev–Trinajstić information content (AvgIpc) is 2.83. The van der Waals surface area contributed by atoms with E-state index in [1.54, 1.807) is 0 Å². The van der Waals surface area contributed by atoms with Gasteiger partial charge in [-0.25, -0.2) is 9.97 Å². The fourth-order valence-corrected chi connectivity index (χ4v) is 2.98. The summed E-state index contributed by atoms with van der Waals surface area (Å²) >= 11 is 3.49. The Bertz CT molecular complexity index is 482. The summed E-state index contributed by atoms with van der Waals surface area (Å²) in [7, 11) is 0. The van der Waals surface area contributed by atoms with Gasteiger partial charge in [0.2, 0.25) is 0 Å². The molecule has 1 fully saturated rings. The minimum atomic E-state index is -0.0397.